The Morgan fingerprint density at radius 3 is 2.44 bits per heavy atom. The summed E-state index contributed by atoms with van der Waals surface area (Å²) in [6, 6.07) is 22.8. The number of nitrogens with two attached hydrogens (primary N) is 1. The fourth-order valence-electron chi connectivity index (χ4n) is 4.18. The predicted molar refractivity (Wildman–Crippen MR) is 123 cm³/mol. The van der Waals surface area contributed by atoms with E-state index in [-0.39, 0.29) is 0 Å². The smallest absolute Gasteiger partial charge is 0.308 e. The predicted octanol–water partition coefficient (Wildman–Crippen LogP) is 5.13. The van der Waals surface area contributed by atoms with Crippen molar-refractivity contribution in [2.45, 2.75) is 13.5 Å². The van der Waals surface area contributed by atoms with Crippen LogP contribution >= 0.6 is 0 Å². The van der Waals surface area contributed by atoms with Crippen LogP contribution in [0.2, 0.25) is 0 Å². The van der Waals surface area contributed by atoms with Crippen molar-refractivity contribution in [2.24, 2.45) is 5.73 Å². The number of nitrogens with zero attached hydrogens (tertiary/aromatic N) is 1. The van der Waals surface area contributed by atoms with Gasteiger partial charge in [0.15, 0.2) is 0 Å². The minimum Gasteiger partial charge on any atom is -0.464 e. The number of fused-ring (bicyclic) bond motifs is 3. The third-order valence-electron chi connectivity index (χ3n) is 5.46. The van der Waals surface area contributed by atoms with Crippen LogP contribution in [0.1, 0.15) is 22.8 Å². The molecule has 0 radical (unpaired) electrons. The van der Waals surface area contributed by atoms with Crippen molar-refractivity contribution in [3.63, 3.8) is 0 Å². The molecule has 6 nitrogen and oxygen atoms in total. The Bertz CT molecular complexity index is 1460. The van der Waals surface area contributed by atoms with Gasteiger partial charge >= 0.3 is 5.97 Å². The number of benzene rings is 3. The highest BCUT2D eigenvalue weighted by Gasteiger charge is 2.22. The number of carbonyl (C=O) groups excluding carboxylic acids is 2. The second-order valence-electron chi connectivity index (χ2n) is 7.58. The summed E-state index contributed by atoms with van der Waals surface area (Å²) in [7, 11) is 0. The molecule has 158 valence electrons. The molecule has 0 saturated carbocycles. The molecule has 6 heteroatoms. The van der Waals surface area contributed by atoms with Gasteiger partial charge in [-0.25, -0.2) is 0 Å². The van der Waals surface area contributed by atoms with Gasteiger partial charge in [0.2, 0.25) is 5.91 Å². The van der Waals surface area contributed by atoms with E-state index >= 15 is 0 Å². The zero-order valence-electron chi connectivity index (χ0n) is 17.4. The maximum atomic E-state index is 12.3. The van der Waals surface area contributed by atoms with Crippen molar-refractivity contribution in [1.82, 2.24) is 4.57 Å². The second-order valence-corrected chi connectivity index (χ2v) is 7.58. The first-order chi connectivity index (χ1) is 15.5. The summed E-state index contributed by atoms with van der Waals surface area (Å²) in [5.41, 5.74) is 9.58. The van der Waals surface area contributed by atoms with Crippen LogP contribution in [-0.2, 0) is 11.3 Å². The van der Waals surface area contributed by atoms with Crippen molar-refractivity contribution < 1.29 is 18.7 Å². The lowest BCUT2D eigenvalue weighted by Crippen LogP contribution is -2.11. The minimum atomic E-state index is -0.543. The van der Waals surface area contributed by atoms with Crippen molar-refractivity contribution in [1.29, 1.82) is 0 Å². The molecule has 0 spiro atoms. The van der Waals surface area contributed by atoms with Gasteiger partial charge in [-0.2, -0.15) is 0 Å². The number of rotatable bonds is 5. The Hall–Kier alpha value is -4.32. The Morgan fingerprint density at radius 1 is 0.938 bits per heavy atom. The molecule has 0 aliphatic heterocycles. The van der Waals surface area contributed by atoms with Crippen LogP contribution in [0.15, 0.2) is 83.5 Å². The number of ether oxygens (including phenoxy) is 1. The highest BCUT2D eigenvalue weighted by molar-refractivity contribution is 6.20. The van der Waals surface area contributed by atoms with E-state index in [9.17, 15) is 9.59 Å². The molecule has 0 atom stereocenters. The summed E-state index contributed by atoms with van der Waals surface area (Å²) >= 11 is 0. The maximum Gasteiger partial charge on any atom is 0.308 e. The molecule has 2 aromatic heterocycles. The Balaban J connectivity index is 1.91. The molecular formula is C26H20N2O4. The third kappa shape index (κ3) is 3.32. The average Bonchev–Trinajstić information content (AvgIpc) is 3.41. The summed E-state index contributed by atoms with van der Waals surface area (Å²) in [4.78, 5) is 24.3. The lowest BCUT2D eigenvalue weighted by molar-refractivity contribution is -0.131. The first kappa shape index (κ1) is 19.6. The Morgan fingerprint density at radius 2 is 1.75 bits per heavy atom. The number of carbonyl (C=O) groups is 2. The summed E-state index contributed by atoms with van der Waals surface area (Å²) in [5, 5.41) is 1.32. The van der Waals surface area contributed by atoms with Crippen LogP contribution in [-0.4, -0.2) is 16.4 Å². The molecule has 2 N–H and O–H groups in total. The largest absolute Gasteiger partial charge is 0.464 e. The van der Waals surface area contributed by atoms with Gasteiger partial charge in [0.05, 0.1) is 22.7 Å². The summed E-state index contributed by atoms with van der Waals surface area (Å²) < 4.78 is 13.3. The molecule has 1 amide bonds. The quantitative estimate of drug-likeness (QED) is 0.313. The fourth-order valence-corrected chi connectivity index (χ4v) is 4.18. The molecular weight excluding hydrogens is 404 g/mol. The van der Waals surface area contributed by atoms with Gasteiger partial charge in [0.1, 0.15) is 11.5 Å². The topological polar surface area (TPSA) is 87.5 Å². The monoisotopic (exact) mass is 424 g/mol. The van der Waals surface area contributed by atoms with Gasteiger partial charge in [-0.3, -0.25) is 9.59 Å². The second kappa shape index (κ2) is 7.74. The van der Waals surface area contributed by atoms with Crippen LogP contribution in [0, 0.1) is 0 Å². The van der Waals surface area contributed by atoms with E-state index in [1.165, 1.54) is 6.92 Å². The highest BCUT2D eigenvalue weighted by atomic mass is 16.5. The highest BCUT2D eigenvalue weighted by Crippen LogP contribution is 2.41. The molecule has 32 heavy (non-hydrogen) atoms. The van der Waals surface area contributed by atoms with Gasteiger partial charge in [0.25, 0.3) is 0 Å². The normalized spacial score (nSPS) is 11.2. The number of primary amides is 1. The van der Waals surface area contributed by atoms with Gasteiger partial charge in [-0.05, 0) is 42.0 Å². The van der Waals surface area contributed by atoms with E-state index in [0.717, 1.165) is 22.2 Å². The molecule has 3 aromatic carbocycles. The first-order valence-corrected chi connectivity index (χ1v) is 10.2. The molecule has 0 bridgehead atoms. The summed E-state index contributed by atoms with van der Waals surface area (Å²) in [6.45, 7) is 1.91. The van der Waals surface area contributed by atoms with Crippen molar-refractivity contribution in [3.8, 4) is 17.1 Å². The molecule has 2 heterocycles. The lowest BCUT2D eigenvalue weighted by atomic mass is 10.0. The Labute approximate surface area is 183 Å². The molecule has 0 unspecified atom stereocenters. The average molecular weight is 424 g/mol. The molecule has 5 aromatic rings. The zero-order valence-corrected chi connectivity index (χ0v) is 17.4. The van der Waals surface area contributed by atoms with Crippen molar-refractivity contribution >= 4 is 33.7 Å². The van der Waals surface area contributed by atoms with E-state index in [0.29, 0.717) is 34.4 Å². The number of hydrogen-bond acceptors (Lipinski definition) is 4. The third-order valence-corrected chi connectivity index (χ3v) is 5.46. The fraction of sp³-hybridized carbons (Fsp3) is 0.0769. The lowest BCUT2D eigenvalue weighted by Gasteiger charge is -2.10. The zero-order chi connectivity index (χ0) is 22.2. The molecule has 0 aliphatic carbocycles. The van der Waals surface area contributed by atoms with Crippen LogP contribution < -0.4 is 10.5 Å². The van der Waals surface area contributed by atoms with Gasteiger partial charge in [0, 0.05) is 30.0 Å². The number of hydrogen-bond donors (Lipinski definition) is 1. The van der Waals surface area contributed by atoms with Crippen LogP contribution in [0.25, 0.3) is 33.1 Å². The molecule has 5 rings (SSSR count). The number of amides is 1. The number of furan rings is 1. The maximum absolute atomic E-state index is 12.3. The van der Waals surface area contributed by atoms with E-state index in [1.54, 1.807) is 24.5 Å². The van der Waals surface area contributed by atoms with Crippen molar-refractivity contribution in [2.75, 3.05) is 0 Å². The van der Waals surface area contributed by atoms with E-state index in [4.69, 9.17) is 14.9 Å². The van der Waals surface area contributed by atoms with Crippen LogP contribution in [0.4, 0.5) is 0 Å². The Kier molecular flexibility index (Phi) is 4.75. The van der Waals surface area contributed by atoms with Gasteiger partial charge < -0.3 is 19.5 Å². The van der Waals surface area contributed by atoms with Gasteiger partial charge in [-0.1, -0.05) is 36.4 Å². The number of aromatic nitrogens is 1. The van der Waals surface area contributed by atoms with Crippen LogP contribution in [0.3, 0.4) is 0 Å². The molecule has 0 saturated heterocycles. The standard InChI is InChI=1S/C26H20N2O4/c1-16(29)32-23-14-18(22-11-6-12-31-22)13-21-25(23)24-19(26(27)30)9-5-10-20(24)28(21)15-17-7-3-2-4-8-17/h2-14H,15H2,1H3,(H2,27,30). The first-order valence-electron chi connectivity index (χ1n) is 10.2. The van der Waals surface area contributed by atoms with Crippen LogP contribution in [0.5, 0.6) is 5.75 Å². The summed E-state index contributed by atoms with van der Waals surface area (Å²) in [6.07, 6.45) is 1.59. The van der Waals surface area contributed by atoms with E-state index in [2.05, 4.69) is 4.57 Å². The molecule has 0 fully saturated rings. The SMILES string of the molecule is CC(=O)Oc1cc(-c2ccco2)cc2c1c1c(C(N)=O)cccc1n2Cc1ccccc1. The van der Waals surface area contributed by atoms with Gasteiger partial charge in [-0.15, -0.1) is 0 Å². The summed E-state index contributed by atoms with van der Waals surface area (Å²) in [5.74, 6) is 0.000475. The minimum absolute atomic E-state index is 0.354. The number of esters is 1. The molecule has 0 aliphatic rings. The van der Waals surface area contributed by atoms with E-state index in [1.807, 2.05) is 54.6 Å². The van der Waals surface area contributed by atoms with Crippen molar-refractivity contribution in [3.05, 3.63) is 90.2 Å². The van der Waals surface area contributed by atoms with E-state index < -0.39 is 11.9 Å².